The first-order valence-electron chi connectivity index (χ1n) is 31.0. The Labute approximate surface area is 509 Å². The third kappa shape index (κ3) is 11.2. The Bertz CT molecular complexity index is 3720. The average molecular weight is 1210 g/mol. The van der Waals surface area contributed by atoms with Crippen LogP contribution in [0.15, 0.2) is 76.9 Å². The molecule has 0 aliphatic carbocycles. The van der Waals surface area contributed by atoms with E-state index >= 15 is 4.39 Å². The summed E-state index contributed by atoms with van der Waals surface area (Å²) in [5, 5.41) is 35.1. The summed E-state index contributed by atoms with van der Waals surface area (Å²) in [5.74, 6) is -0.714. The number of fused-ring (bicyclic) bond motifs is 5. The van der Waals surface area contributed by atoms with Gasteiger partial charge >= 0.3 is 12.1 Å². The maximum absolute atomic E-state index is 17.4. The van der Waals surface area contributed by atoms with Gasteiger partial charge in [-0.2, -0.15) is 9.97 Å². The Morgan fingerprint density at radius 3 is 2.52 bits per heavy atom. The van der Waals surface area contributed by atoms with E-state index in [0.29, 0.717) is 79.6 Å². The van der Waals surface area contributed by atoms with E-state index in [1.54, 1.807) is 40.6 Å². The molecule has 0 spiro atoms. The van der Waals surface area contributed by atoms with Gasteiger partial charge < -0.3 is 54.4 Å². The average Bonchev–Trinajstić information content (AvgIpc) is 1.98. The predicted molar refractivity (Wildman–Crippen MR) is 329 cm³/mol. The van der Waals surface area contributed by atoms with Crippen molar-refractivity contribution >= 4 is 62.6 Å². The monoisotopic (exact) mass is 1200 g/mol. The number of phenols is 1. The molecule has 4 N–H and O–H groups in total. The molecule has 4 aromatic heterocycles. The summed E-state index contributed by atoms with van der Waals surface area (Å²) in [6, 6.07) is 18.2. The molecule has 2 unspecified atom stereocenters. The molecule has 22 heteroatoms. The number of amides is 3. The number of likely N-dealkylation sites (tertiary alicyclic amines) is 1. The van der Waals surface area contributed by atoms with Gasteiger partial charge in [0.2, 0.25) is 11.8 Å². The van der Waals surface area contributed by atoms with Gasteiger partial charge in [0, 0.05) is 87.7 Å². The lowest BCUT2D eigenvalue weighted by molar-refractivity contribution is -0.141. The van der Waals surface area contributed by atoms with Gasteiger partial charge in [0.25, 0.3) is 0 Å². The van der Waals surface area contributed by atoms with Gasteiger partial charge in [0.1, 0.15) is 48.0 Å². The summed E-state index contributed by atoms with van der Waals surface area (Å²) in [4.78, 5) is 72.3. The van der Waals surface area contributed by atoms with E-state index in [1.807, 2.05) is 82.6 Å². The molecule has 3 aromatic carbocycles. The molecule has 6 saturated heterocycles. The minimum Gasteiger partial charge on any atom is -0.508 e. The number of aliphatic hydroxyl groups is 1. The molecule has 9 atom stereocenters. The van der Waals surface area contributed by atoms with Crippen molar-refractivity contribution in [3.63, 3.8) is 0 Å². The summed E-state index contributed by atoms with van der Waals surface area (Å²) in [6.07, 6.45) is 6.82. The van der Waals surface area contributed by atoms with Crippen LogP contribution in [0.5, 0.6) is 11.8 Å². The van der Waals surface area contributed by atoms with Crippen LogP contribution < -0.4 is 25.2 Å². The highest BCUT2D eigenvalue weighted by Crippen LogP contribution is 2.44. The van der Waals surface area contributed by atoms with Crippen LogP contribution in [-0.4, -0.2) is 169 Å². The highest BCUT2D eigenvalue weighted by atomic mass is 32.1. The fourth-order valence-electron chi connectivity index (χ4n) is 14.8. The number of ether oxygens (including phenoxy) is 2. The van der Waals surface area contributed by atoms with Gasteiger partial charge in [0.15, 0.2) is 17.4 Å². The second-order valence-corrected chi connectivity index (χ2v) is 26.2. The number of phenolic OH excluding ortho intramolecular Hbond substituents is 1. The topological polar surface area (TPSA) is 228 Å². The molecule has 2 bridgehead atoms. The number of carbonyl (C=O) groups excluding carboxylic acids is 3. The number of anilines is 2. The van der Waals surface area contributed by atoms with Crippen molar-refractivity contribution in [2.45, 2.75) is 147 Å². The third-order valence-corrected chi connectivity index (χ3v) is 20.3. The standard InChI is InChI=1S/C65H77FN12O8S/c1-7-40-10-8-11-43-24-47(79)25-49(55(40)43)57-56(66)58-50(28-67-57)60(75-30-44-16-17-45(31-75)70-44)72-63(71-58)85-34-65-19-9-21-78(65)46(18-20-65)33-84-64(83)74-22-23-76(37(4)29-74)53-27-52(86-73-53)54(36(2)3)62(82)77-32-48(80)26-51(77)61(81)69-38(5)41-12-14-42(15-13-41)59-39(6)68-35-87-59/h8,10-15,24-25,27-28,35-38,44-46,48,51,54,70,79-80H,7,9,16-23,26,29-34H2,1-6H3,(H,69,81)/t37-,38+,44?,45?,46+,48-,51+,54-,65+/m1/s1. The first-order valence-corrected chi connectivity index (χ1v) is 31.9. The smallest absolute Gasteiger partial charge is 0.409 e. The maximum atomic E-state index is 17.4. The molecule has 10 heterocycles. The highest BCUT2D eigenvalue weighted by Gasteiger charge is 2.51. The van der Waals surface area contributed by atoms with Gasteiger partial charge in [-0.3, -0.25) is 19.5 Å². The second kappa shape index (κ2) is 23.9. The summed E-state index contributed by atoms with van der Waals surface area (Å²) in [6.45, 7) is 15.8. The molecule has 3 amide bonds. The highest BCUT2D eigenvalue weighted by molar-refractivity contribution is 7.13. The Morgan fingerprint density at radius 2 is 1.77 bits per heavy atom. The number of aliphatic hydroxyl groups excluding tert-OH is 1. The zero-order valence-corrected chi connectivity index (χ0v) is 51.1. The molecule has 6 fully saturated rings. The normalized spacial score (nSPS) is 24.6. The molecule has 0 saturated carbocycles. The summed E-state index contributed by atoms with van der Waals surface area (Å²) >= 11 is 1.58. The number of benzene rings is 3. The second-order valence-electron chi connectivity index (χ2n) is 25.3. The fraction of sp³-hybridized carbons (Fsp3) is 0.508. The van der Waals surface area contributed by atoms with Crippen molar-refractivity contribution < 1.29 is 43.0 Å². The number of thiazole rings is 1. The van der Waals surface area contributed by atoms with Crippen LogP contribution in [0.4, 0.5) is 20.8 Å². The number of aromatic hydroxyl groups is 1. The number of hydrogen-bond acceptors (Lipinski definition) is 18. The minimum atomic E-state index is -0.869. The van der Waals surface area contributed by atoms with E-state index in [9.17, 15) is 24.6 Å². The van der Waals surface area contributed by atoms with E-state index in [0.717, 1.165) is 83.1 Å². The van der Waals surface area contributed by atoms with Gasteiger partial charge in [0.05, 0.1) is 39.2 Å². The van der Waals surface area contributed by atoms with Crippen molar-refractivity contribution in [3.8, 4) is 33.5 Å². The van der Waals surface area contributed by atoms with Crippen LogP contribution in [0.1, 0.15) is 114 Å². The molecular formula is C65H77FN12O8S. The number of rotatable bonds is 16. The van der Waals surface area contributed by atoms with Crippen molar-refractivity contribution in [1.29, 1.82) is 0 Å². The van der Waals surface area contributed by atoms with E-state index in [2.05, 4.69) is 42.4 Å². The number of piperazine rings is 2. The van der Waals surface area contributed by atoms with Crippen LogP contribution >= 0.6 is 11.3 Å². The van der Waals surface area contributed by atoms with Crippen LogP contribution in [0.3, 0.4) is 0 Å². The van der Waals surface area contributed by atoms with E-state index in [4.69, 9.17) is 28.9 Å². The quantitative estimate of drug-likeness (QED) is 0.0708. The predicted octanol–water partition coefficient (Wildman–Crippen LogP) is 8.91. The number of aryl methyl sites for hydroxylation is 2. The zero-order chi connectivity index (χ0) is 60.4. The Balaban J connectivity index is 0.642. The largest absolute Gasteiger partial charge is 0.508 e. The van der Waals surface area contributed by atoms with Gasteiger partial charge in [-0.25, -0.2) is 14.2 Å². The number of nitrogens with zero attached hydrogens (tertiary/aromatic N) is 10. The molecule has 7 aromatic rings. The minimum absolute atomic E-state index is 0.0211. The molecule has 87 heavy (non-hydrogen) atoms. The van der Waals surface area contributed by atoms with Crippen molar-refractivity contribution in [2.24, 2.45) is 5.92 Å². The molecular weight excluding hydrogens is 1130 g/mol. The Morgan fingerprint density at radius 1 is 0.966 bits per heavy atom. The number of carbonyl (C=O) groups is 3. The van der Waals surface area contributed by atoms with Gasteiger partial charge in [-0.05, 0) is 118 Å². The van der Waals surface area contributed by atoms with E-state index < -0.39 is 23.9 Å². The van der Waals surface area contributed by atoms with Crippen molar-refractivity contribution in [2.75, 3.05) is 68.8 Å². The van der Waals surface area contributed by atoms with Crippen molar-refractivity contribution in [3.05, 3.63) is 101 Å². The Hall–Kier alpha value is -7.53. The third-order valence-electron chi connectivity index (χ3n) is 19.3. The van der Waals surface area contributed by atoms with Crippen LogP contribution in [0, 0.1) is 18.7 Å². The first-order chi connectivity index (χ1) is 42.0. The van der Waals surface area contributed by atoms with Crippen molar-refractivity contribution in [1.82, 2.24) is 50.4 Å². The molecule has 13 rings (SSSR count). The number of β-amino-alcohol motifs (C(OH)–C–C–N with tert-alkyl or cyclic N) is 1. The Kier molecular flexibility index (Phi) is 16.0. The number of nitrogens with one attached hydrogen (secondary N) is 2. The van der Waals surface area contributed by atoms with Gasteiger partial charge in [-0.1, -0.05) is 68.4 Å². The molecule has 6 aliphatic heterocycles. The van der Waals surface area contributed by atoms with Crippen LogP contribution in [0.2, 0.25) is 0 Å². The number of hydrogen-bond donors (Lipinski definition) is 4. The van der Waals surface area contributed by atoms with E-state index in [1.165, 1.54) is 4.90 Å². The van der Waals surface area contributed by atoms with Gasteiger partial charge in [-0.15, -0.1) is 11.3 Å². The lowest BCUT2D eigenvalue weighted by atomic mass is 9.91. The first kappa shape index (κ1) is 58.5. The van der Waals surface area contributed by atoms with Crippen LogP contribution in [0.25, 0.3) is 43.4 Å². The number of pyridine rings is 1. The lowest BCUT2D eigenvalue weighted by Gasteiger charge is -2.39. The lowest BCUT2D eigenvalue weighted by Crippen LogP contribution is -2.54. The zero-order valence-electron chi connectivity index (χ0n) is 50.2. The molecule has 20 nitrogen and oxygen atoms in total. The summed E-state index contributed by atoms with van der Waals surface area (Å²) in [5.41, 5.74) is 6.15. The van der Waals surface area contributed by atoms with Crippen LogP contribution in [-0.2, 0) is 20.7 Å². The molecule has 0 radical (unpaired) electrons. The summed E-state index contributed by atoms with van der Waals surface area (Å²) in [7, 11) is 0. The number of halogens is 1. The molecule has 458 valence electrons. The maximum Gasteiger partial charge on any atom is 0.409 e. The number of aromatic nitrogens is 5. The van der Waals surface area contributed by atoms with E-state index in [-0.39, 0.29) is 96.6 Å². The molecule has 6 aliphatic rings. The fourth-order valence-corrected chi connectivity index (χ4v) is 15.7. The SMILES string of the molecule is CCc1cccc2cc(O)cc(-c3ncc4c(N5CC6CCC(C5)N6)nc(OC[C@@]56CCCN5[C@H](COC(=O)N5CCN(c7cc([C@H](C(=O)N8C[C@H](O)C[C@H]8C(=O)N[C@@H](C)c8ccc(-c9scnc9C)cc8)C(C)C)on7)[C@H](C)C5)CC6)nc4c3F)c12. The summed E-state index contributed by atoms with van der Waals surface area (Å²) < 4.78 is 36.1.